The van der Waals surface area contributed by atoms with Crippen molar-refractivity contribution in [1.82, 2.24) is 10.6 Å². The Morgan fingerprint density at radius 1 is 0.872 bits per heavy atom. The van der Waals surface area contributed by atoms with E-state index in [1.54, 1.807) is 60.7 Å². The number of fused-ring (bicyclic) bond motifs is 1. The molecule has 10 heteroatoms. The van der Waals surface area contributed by atoms with E-state index in [-0.39, 0.29) is 5.76 Å². The molecule has 4 aromatic rings. The van der Waals surface area contributed by atoms with Gasteiger partial charge >= 0.3 is 6.18 Å². The zero-order chi connectivity index (χ0) is 28.3. The molecule has 39 heavy (non-hydrogen) atoms. The highest BCUT2D eigenvalue weighted by molar-refractivity contribution is 6.31. The van der Waals surface area contributed by atoms with Crippen LogP contribution in [-0.2, 0) is 9.59 Å². The lowest BCUT2D eigenvalue weighted by Crippen LogP contribution is -2.52. The lowest BCUT2D eigenvalue weighted by molar-refractivity contribution is -0.175. The molecule has 0 spiro atoms. The molecule has 0 radical (unpaired) electrons. The summed E-state index contributed by atoms with van der Waals surface area (Å²) >= 11 is 6.12. The Labute approximate surface area is 227 Å². The molecule has 2 atom stereocenters. The predicted molar refractivity (Wildman–Crippen MR) is 141 cm³/mol. The van der Waals surface area contributed by atoms with E-state index < -0.39 is 41.8 Å². The SMILES string of the molecule is CC(C)[C@H](NC(=O)C(NC(=O)c1oc2cc(Cl)ccc2c1-c1ccccc1)c1ccccc1)C(=O)C(F)(F)F. The molecule has 0 aliphatic rings. The van der Waals surface area contributed by atoms with Gasteiger partial charge in [-0.2, -0.15) is 13.2 Å². The maximum absolute atomic E-state index is 13.6. The number of furan rings is 1. The molecular weight excluding hydrogens is 533 g/mol. The summed E-state index contributed by atoms with van der Waals surface area (Å²) in [5.41, 5.74) is 1.76. The van der Waals surface area contributed by atoms with Crippen LogP contribution in [0.2, 0.25) is 5.02 Å². The Morgan fingerprint density at radius 3 is 2.08 bits per heavy atom. The molecule has 1 heterocycles. The van der Waals surface area contributed by atoms with E-state index in [2.05, 4.69) is 10.6 Å². The number of carbonyl (C=O) groups is 3. The van der Waals surface area contributed by atoms with Gasteiger partial charge in [0.25, 0.3) is 11.7 Å². The molecule has 0 saturated carbocycles. The van der Waals surface area contributed by atoms with Gasteiger partial charge in [0.2, 0.25) is 11.7 Å². The van der Waals surface area contributed by atoms with Crippen molar-refractivity contribution in [2.24, 2.45) is 5.92 Å². The number of alkyl halides is 3. The lowest BCUT2D eigenvalue weighted by atomic mass is 9.97. The Kier molecular flexibility index (Phi) is 8.11. The van der Waals surface area contributed by atoms with Crippen LogP contribution in [-0.4, -0.2) is 29.8 Å². The standard InChI is InChI=1S/C29H24ClF3N2O4/c1-16(2)23(26(36)29(31,32)33)34-27(37)24(18-11-7-4-8-12-18)35-28(38)25-22(17-9-5-3-6-10-17)20-14-13-19(30)15-21(20)39-25/h3-16,23-24H,1-2H3,(H,34,37)(H,35,38)/t23-,24?/m0/s1. The van der Waals surface area contributed by atoms with Crippen LogP contribution in [0.25, 0.3) is 22.1 Å². The molecule has 1 unspecified atom stereocenters. The van der Waals surface area contributed by atoms with Crippen molar-refractivity contribution in [2.75, 3.05) is 0 Å². The third-order valence-corrected chi connectivity index (χ3v) is 6.35. The number of nitrogens with one attached hydrogen (secondary N) is 2. The molecule has 2 N–H and O–H groups in total. The summed E-state index contributed by atoms with van der Waals surface area (Å²) in [6.45, 7) is 2.77. The third-order valence-electron chi connectivity index (χ3n) is 6.12. The minimum atomic E-state index is -5.14. The molecule has 0 aliphatic carbocycles. The first-order chi connectivity index (χ1) is 18.5. The van der Waals surface area contributed by atoms with Crippen molar-refractivity contribution in [3.63, 3.8) is 0 Å². The van der Waals surface area contributed by atoms with Crippen molar-refractivity contribution >= 4 is 40.2 Å². The van der Waals surface area contributed by atoms with Gasteiger partial charge in [-0.05, 0) is 29.2 Å². The first-order valence-electron chi connectivity index (χ1n) is 12.0. The van der Waals surface area contributed by atoms with Crippen molar-refractivity contribution < 1.29 is 32.0 Å². The Morgan fingerprint density at radius 2 is 1.49 bits per heavy atom. The quantitative estimate of drug-likeness (QED) is 0.259. The lowest BCUT2D eigenvalue weighted by Gasteiger charge is -2.25. The van der Waals surface area contributed by atoms with Crippen LogP contribution in [0.3, 0.4) is 0 Å². The first kappa shape index (κ1) is 27.9. The summed E-state index contributed by atoms with van der Waals surface area (Å²) in [4.78, 5) is 39.0. The summed E-state index contributed by atoms with van der Waals surface area (Å²) in [7, 11) is 0. The molecule has 0 fully saturated rings. The van der Waals surface area contributed by atoms with Crippen molar-refractivity contribution in [1.29, 1.82) is 0 Å². The Balaban J connectivity index is 1.73. The van der Waals surface area contributed by atoms with Gasteiger partial charge in [0, 0.05) is 22.0 Å². The van der Waals surface area contributed by atoms with Crippen LogP contribution < -0.4 is 10.6 Å². The van der Waals surface area contributed by atoms with Crippen LogP contribution in [0.1, 0.15) is 36.0 Å². The fourth-order valence-electron chi connectivity index (χ4n) is 4.21. The smallest absolute Gasteiger partial charge is 0.450 e. The van der Waals surface area contributed by atoms with Gasteiger partial charge in [-0.25, -0.2) is 0 Å². The summed E-state index contributed by atoms with van der Waals surface area (Å²) < 4.78 is 45.5. The normalized spacial score (nSPS) is 13.2. The minimum absolute atomic E-state index is 0.112. The highest BCUT2D eigenvalue weighted by Crippen LogP contribution is 2.36. The van der Waals surface area contributed by atoms with E-state index >= 15 is 0 Å². The number of benzene rings is 3. The highest BCUT2D eigenvalue weighted by Gasteiger charge is 2.45. The number of rotatable bonds is 8. The Bertz CT molecular complexity index is 1500. The van der Waals surface area contributed by atoms with Crippen LogP contribution in [0.5, 0.6) is 0 Å². The van der Waals surface area contributed by atoms with Gasteiger partial charge in [-0.15, -0.1) is 0 Å². The average Bonchev–Trinajstić information content (AvgIpc) is 3.28. The topological polar surface area (TPSA) is 88.4 Å². The van der Waals surface area contributed by atoms with E-state index in [9.17, 15) is 27.6 Å². The fraction of sp³-hybridized carbons (Fsp3) is 0.207. The van der Waals surface area contributed by atoms with Gasteiger partial charge in [-0.1, -0.05) is 86.1 Å². The van der Waals surface area contributed by atoms with Gasteiger partial charge in [0.05, 0.1) is 6.04 Å². The van der Waals surface area contributed by atoms with Crippen molar-refractivity contribution in [2.45, 2.75) is 32.1 Å². The van der Waals surface area contributed by atoms with E-state index in [4.69, 9.17) is 16.0 Å². The molecule has 4 rings (SSSR count). The number of carbonyl (C=O) groups excluding carboxylic acids is 3. The van der Waals surface area contributed by atoms with Crippen molar-refractivity contribution in [3.05, 3.63) is 95.2 Å². The fourth-order valence-corrected chi connectivity index (χ4v) is 4.37. The molecule has 0 aliphatic heterocycles. The summed E-state index contributed by atoms with van der Waals surface area (Å²) in [5, 5.41) is 5.77. The second kappa shape index (κ2) is 11.3. The second-order valence-electron chi connectivity index (χ2n) is 9.22. The molecule has 0 saturated heterocycles. The van der Waals surface area contributed by atoms with Gasteiger partial charge in [-0.3, -0.25) is 14.4 Å². The monoisotopic (exact) mass is 556 g/mol. The second-order valence-corrected chi connectivity index (χ2v) is 9.66. The van der Waals surface area contributed by atoms with Crippen LogP contribution in [0, 0.1) is 5.92 Å². The summed E-state index contributed by atoms with van der Waals surface area (Å²) in [6.07, 6.45) is -5.14. The van der Waals surface area contributed by atoms with E-state index in [0.29, 0.717) is 32.7 Å². The third kappa shape index (κ3) is 6.15. The number of hydrogen-bond donors (Lipinski definition) is 2. The van der Waals surface area contributed by atoms with E-state index in [1.165, 1.54) is 26.0 Å². The average molecular weight is 557 g/mol. The summed E-state index contributed by atoms with van der Waals surface area (Å²) in [6, 6.07) is 18.6. The molecule has 0 bridgehead atoms. The van der Waals surface area contributed by atoms with Gasteiger partial charge in [0.15, 0.2) is 0 Å². The molecular formula is C29H24ClF3N2O4. The van der Waals surface area contributed by atoms with Crippen LogP contribution in [0.4, 0.5) is 13.2 Å². The van der Waals surface area contributed by atoms with Gasteiger partial charge in [0.1, 0.15) is 11.6 Å². The number of hydrogen-bond acceptors (Lipinski definition) is 4. The largest absolute Gasteiger partial charge is 0.452 e. The number of Topliss-reactive ketones (excluding diaryl/α,β-unsaturated/α-hetero) is 1. The molecule has 202 valence electrons. The number of ketones is 1. The van der Waals surface area contributed by atoms with Crippen molar-refractivity contribution in [3.8, 4) is 11.1 Å². The summed E-state index contributed by atoms with van der Waals surface area (Å²) in [5.74, 6) is -4.82. The molecule has 3 aromatic carbocycles. The van der Waals surface area contributed by atoms with Crippen LogP contribution in [0.15, 0.2) is 83.3 Å². The number of halogens is 4. The predicted octanol–water partition coefficient (Wildman–Crippen LogP) is 6.50. The van der Waals surface area contributed by atoms with Crippen LogP contribution >= 0.6 is 11.6 Å². The molecule has 2 amide bonds. The number of amides is 2. The van der Waals surface area contributed by atoms with E-state index in [1.807, 2.05) is 6.07 Å². The molecule has 1 aromatic heterocycles. The Hall–Kier alpha value is -4.11. The molecule has 6 nitrogen and oxygen atoms in total. The first-order valence-corrected chi connectivity index (χ1v) is 12.4. The zero-order valence-electron chi connectivity index (χ0n) is 20.9. The zero-order valence-corrected chi connectivity index (χ0v) is 21.6. The maximum Gasteiger partial charge on any atom is 0.452 e. The van der Waals surface area contributed by atoms with Gasteiger partial charge < -0.3 is 15.1 Å². The van der Waals surface area contributed by atoms with E-state index in [0.717, 1.165) is 0 Å². The highest BCUT2D eigenvalue weighted by atomic mass is 35.5. The maximum atomic E-state index is 13.6. The minimum Gasteiger partial charge on any atom is -0.450 e.